The average Bonchev–Trinajstić information content (AvgIpc) is 2.61. The molecule has 3 rings (SSSR count). The molecule has 130 valence electrons. The molecule has 6 heteroatoms. The summed E-state index contributed by atoms with van der Waals surface area (Å²) in [6, 6.07) is 19.6. The van der Waals surface area contributed by atoms with Crippen molar-refractivity contribution in [2.45, 2.75) is 6.92 Å². The smallest absolute Gasteiger partial charge is 0.314 e. The van der Waals surface area contributed by atoms with Crippen LogP contribution < -0.4 is 16.0 Å². The van der Waals surface area contributed by atoms with Crippen LogP contribution in [0.15, 0.2) is 66.7 Å². The average molecular weight is 347 g/mol. The molecule has 3 aromatic rings. The number of carbonyl (C=O) groups is 3. The molecule has 0 aromatic heterocycles. The van der Waals surface area contributed by atoms with Gasteiger partial charge in [0, 0.05) is 29.4 Å². The Hall–Kier alpha value is -3.67. The van der Waals surface area contributed by atoms with Crippen LogP contribution in [0, 0.1) is 0 Å². The SMILES string of the molecule is CC(=O)Nc1cccc(NC(=O)C(=O)Nc2cccc3ccccc23)c1. The Kier molecular flexibility index (Phi) is 4.94. The molecule has 0 bridgehead atoms. The van der Waals surface area contributed by atoms with Crippen LogP contribution >= 0.6 is 0 Å². The third-order valence-electron chi connectivity index (χ3n) is 3.68. The van der Waals surface area contributed by atoms with Gasteiger partial charge in [-0.2, -0.15) is 0 Å². The lowest BCUT2D eigenvalue weighted by atomic mass is 10.1. The van der Waals surface area contributed by atoms with Crippen molar-refractivity contribution >= 4 is 45.6 Å². The molecule has 0 heterocycles. The summed E-state index contributed by atoms with van der Waals surface area (Å²) in [6.07, 6.45) is 0. The summed E-state index contributed by atoms with van der Waals surface area (Å²) in [6.45, 7) is 1.39. The van der Waals surface area contributed by atoms with Gasteiger partial charge in [-0.15, -0.1) is 0 Å². The van der Waals surface area contributed by atoms with Gasteiger partial charge in [-0.25, -0.2) is 0 Å². The molecular formula is C20H17N3O3. The van der Waals surface area contributed by atoms with Crippen molar-refractivity contribution < 1.29 is 14.4 Å². The van der Waals surface area contributed by atoms with Crippen molar-refractivity contribution in [3.63, 3.8) is 0 Å². The lowest BCUT2D eigenvalue weighted by Crippen LogP contribution is -2.29. The quantitative estimate of drug-likeness (QED) is 0.635. The standard InChI is InChI=1S/C20H17N3O3/c1-13(24)21-15-8-5-9-16(12-15)22-19(25)20(26)23-18-11-4-7-14-6-2-3-10-17(14)18/h2-12H,1H3,(H,21,24)(H,22,25)(H,23,26). The summed E-state index contributed by atoms with van der Waals surface area (Å²) in [5, 5.41) is 9.59. The minimum Gasteiger partial charge on any atom is -0.326 e. The number of hydrogen-bond acceptors (Lipinski definition) is 3. The normalized spacial score (nSPS) is 10.2. The fourth-order valence-corrected chi connectivity index (χ4v) is 2.58. The molecule has 0 aliphatic carbocycles. The van der Waals surface area contributed by atoms with Gasteiger partial charge < -0.3 is 16.0 Å². The molecule has 6 nitrogen and oxygen atoms in total. The topological polar surface area (TPSA) is 87.3 Å². The Balaban J connectivity index is 1.72. The Morgan fingerprint density at radius 3 is 2.08 bits per heavy atom. The molecule has 0 spiro atoms. The number of rotatable bonds is 3. The molecule has 0 aliphatic heterocycles. The van der Waals surface area contributed by atoms with E-state index in [1.807, 2.05) is 36.4 Å². The molecule has 0 saturated heterocycles. The number of fused-ring (bicyclic) bond motifs is 1. The molecule has 3 amide bonds. The fourth-order valence-electron chi connectivity index (χ4n) is 2.58. The van der Waals surface area contributed by atoms with Gasteiger partial charge in [0.2, 0.25) is 5.91 Å². The molecule has 0 fully saturated rings. The van der Waals surface area contributed by atoms with Crippen molar-refractivity contribution in [2.75, 3.05) is 16.0 Å². The molecule has 0 aliphatic rings. The third kappa shape index (κ3) is 4.05. The van der Waals surface area contributed by atoms with Crippen molar-refractivity contribution in [3.8, 4) is 0 Å². The summed E-state index contributed by atoms with van der Waals surface area (Å²) in [7, 11) is 0. The maximum Gasteiger partial charge on any atom is 0.314 e. The molecule has 0 atom stereocenters. The van der Waals surface area contributed by atoms with E-state index in [2.05, 4.69) is 16.0 Å². The van der Waals surface area contributed by atoms with Crippen LogP contribution in [0.3, 0.4) is 0 Å². The Morgan fingerprint density at radius 2 is 1.31 bits per heavy atom. The van der Waals surface area contributed by atoms with E-state index < -0.39 is 11.8 Å². The highest BCUT2D eigenvalue weighted by Gasteiger charge is 2.15. The summed E-state index contributed by atoms with van der Waals surface area (Å²) >= 11 is 0. The van der Waals surface area contributed by atoms with Gasteiger partial charge >= 0.3 is 11.8 Å². The first-order valence-corrected chi connectivity index (χ1v) is 8.01. The second kappa shape index (κ2) is 7.48. The Labute approximate surface area is 150 Å². The highest BCUT2D eigenvalue weighted by molar-refractivity contribution is 6.44. The second-order valence-corrected chi connectivity index (χ2v) is 5.70. The van der Waals surface area contributed by atoms with Crippen molar-refractivity contribution in [1.29, 1.82) is 0 Å². The molecular weight excluding hydrogens is 330 g/mol. The van der Waals surface area contributed by atoms with E-state index in [1.165, 1.54) is 6.92 Å². The highest BCUT2D eigenvalue weighted by Crippen LogP contribution is 2.23. The van der Waals surface area contributed by atoms with Crippen LogP contribution in [0.25, 0.3) is 10.8 Å². The van der Waals surface area contributed by atoms with E-state index in [1.54, 1.807) is 30.3 Å². The number of carbonyl (C=O) groups excluding carboxylic acids is 3. The minimum absolute atomic E-state index is 0.220. The predicted octanol–water partition coefficient (Wildman–Crippen LogP) is 3.38. The first-order valence-electron chi connectivity index (χ1n) is 8.01. The van der Waals surface area contributed by atoms with E-state index in [0.717, 1.165) is 10.8 Å². The van der Waals surface area contributed by atoms with Crippen molar-refractivity contribution in [3.05, 3.63) is 66.7 Å². The van der Waals surface area contributed by atoms with Crippen LogP contribution in [0.4, 0.5) is 17.1 Å². The Bertz CT molecular complexity index is 993. The van der Waals surface area contributed by atoms with Crippen molar-refractivity contribution in [1.82, 2.24) is 0 Å². The van der Waals surface area contributed by atoms with Gasteiger partial charge in [-0.3, -0.25) is 14.4 Å². The highest BCUT2D eigenvalue weighted by atomic mass is 16.2. The van der Waals surface area contributed by atoms with Gasteiger partial charge in [0.05, 0.1) is 0 Å². The zero-order valence-corrected chi connectivity index (χ0v) is 14.1. The number of amides is 3. The molecule has 0 saturated carbocycles. The maximum absolute atomic E-state index is 12.2. The predicted molar refractivity (Wildman–Crippen MR) is 102 cm³/mol. The van der Waals surface area contributed by atoms with E-state index in [9.17, 15) is 14.4 Å². The van der Waals surface area contributed by atoms with Gasteiger partial charge in [0.15, 0.2) is 0 Å². The van der Waals surface area contributed by atoms with E-state index >= 15 is 0 Å². The largest absolute Gasteiger partial charge is 0.326 e. The number of hydrogen-bond donors (Lipinski definition) is 3. The minimum atomic E-state index is -0.794. The zero-order valence-electron chi connectivity index (χ0n) is 14.1. The monoisotopic (exact) mass is 347 g/mol. The summed E-state index contributed by atoms with van der Waals surface area (Å²) < 4.78 is 0. The van der Waals surface area contributed by atoms with Crippen LogP contribution in [0.1, 0.15) is 6.92 Å². The summed E-state index contributed by atoms with van der Waals surface area (Å²) in [5.41, 5.74) is 1.51. The van der Waals surface area contributed by atoms with E-state index in [-0.39, 0.29) is 5.91 Å². The maximum atomic E-state index is 12.2. The molecule has 3 aromatic carbocycles. The number of anilines is 3. The van der Waals surface area contributed by atoms with Crippen LogP contribution in [-0.2, 0) is 14.4 Å². The number of nitrogens with one attached hydrogen (secondary N) is 3. The molecule has 26 heavy (non-hydrogen) atoms. The molecule has 0 radical (unpaired) electrons. The van der Waals surface area contributed by atoms with Crippen LogP contribution in [0.5, 0.6) is 0 Å². The lowest BCUT2D eigenvalue weighted by molar-refractivity contribution is -0.132. The van der Waals surface area contributed by atoms with Gasteiger partial charge in [0.1, 0.15) is 0 Å². The number of benzene rings is 3. The van der Waals surface area contributed by atoms with Crippen LogP contribution in [0.2, 0.25) is 0 Å². The first kappa shape index (κ1) is 17.2. The van der Waals surface area contributed by atoms with Crippen LogP contribution in [-0.4, -0.2) is 17.7 Å². The fraction of sp³-hybridized carbons (Fsp3) is 0.0500. The van der Waals surface area contributed by atoms with E-state index in [4.69, 9.17) is 0 Å². The van der Waals surface area contributed by atoms with Crippen molar-refractivity contribution in [2.24, 2.45) is 0 Å². The lowest BCUT2D eigenvalue weighted by Gasteiger charge is -2.10. The third-order valence-corrected chi connectivity index (χ3v) is 3.68. The summed E-state index contributed by atoms with van der Waals surface area (Å²) in [5.74, 6) is -1.79. The van der Waals surface area contributed by atoms with Gasteiger partial charge in [-0.05, 0) is 29.7 Å². The Morgan fingerprint density at radius 1 is 0.692 bits per heavy atom. The molecule has 0 unspecified atom stereocenters. The molecule has 3 N–H and O–H groups in total. The zero-order chi connectivity index (χ0) is 18.5. The first-order chi connectivity index (χ1) is 12.5. The van der Waals surface area contributed by atoms with E-state index in [0.29, 0.717) is 17.1 Å². The van der Waals surface area contributed by atoms with Gasteiger partial charge in [0.25, 0.3) is 0 Å². The van der Waals surface area contributed by atoms with Gasteiger partial charge in [-0.1, -0.05) is 42.5 Å². The summed E-state index contributed by atoms with van der Waals surface area (Å²) in [4.78, 5) is 35.5. The second-order valence-electron chi connectivity index (χ2n) is 5.70.